The summed E-state index contributed by atoms with van der Waals surface area (Å²) in [5.41, 5.74) is 0.939. The largest absolute Gasteiger partial charge is 0.296 e. The van der Waals surface area contributed by atoms with Crippen molar-refractivity contribution in [3.63, 3.8) is 0 Å². The second kappa shape index (κ2) is 3.66. The minimum Gasteiger partial charge on any atom is -0.296 e. The highest BCUT2D eigenvalue weighted by Crippen LogP contribution is 2.13. The highest BCUT2D eigenvalue weighted by Gasteiger charge is 2.14. The maximum atomic E-state index is 11.9. The minimum absolute atomic E-state index is 0. The van der Waals surface area contributed by atoms with Crippen LogP contribution in [0.2, 0.25) is 0 Å². The van der Waals surface area contributed by atoms with Crippen LogP contribution in [0.15, 0.2) is 29.1 Å². The van der Waals surface area contributed by atoms with Gasteiger partial charge >= 0.3 is 0 Å². The van der Waals surface area contributed by atoms with Gasteiger partial charge in [-0.25, -0.2) is 4.98 Å². The molecule has 1 aromatic carbocycles. The summed E-state index contributed by atoms with van der Waals surface area (Å²) >= 11 is 0. The Kier molecular flexibility index (Phi) is 2.49. The van der Waals surface area contributed by atoms with Crippen LogP contribution in [0.25, 0.3) is 10.9 Å². The van der Waals surface area contributed by atoms with Gasteiger partial charge in [0.2, 0.25) is 0 Å². The van der Waals surface area contributed by atoms with Crippen LogP contribution in [0.1, 0.15) is 12.2 Å². The molecule has 15 heavy (non-hydrogen) atoms. The van der Waals surface area contributed by atoms with E-state index in [1.807, 2.05) is 24.3 Å². The zero-order valence-electron chi connectivity index (χ0n) is 8.14. The molecule has 2 heterocycles. The number of hydrogen-bond acceptors (Lipinski definition) is 2. The van der Waals surface area contributed by atoms with E-state index < -0.39 is 0 Å². The van der Waals surface area contributed by atoms with Gasteiger partial charge in [-0.05, 0) is 18.6 Å². The molecule has 1 aromatic heterocycles. The van der Waals surface area contributed by atoms with Crippen LogP contribution in [0.3, 0.4) is 0 Å². The van der Waals surface area contributed by atoms with Crippen molar-refractivity contribution in [3.05, 3.63) is 40.4 Å². The van der Waals surface area contributed by atoms with Gasteiger partial charge < -0.3 is 0 Å². The fourth-order valence-corrected chi connectivity index (χ4v) is 2.03. The number of halogens is 1. The molecule has 0 fully saturated rings. The van der Waals surface area contributed by atoms with Crippen molar-refractivity contribution in [1.82, 2.24) is 9.55 Å². The summed E-state index contributed by atoms with van der Waals surface area (Å²) in [6, 6.07) is 7.54. The van der Waals surface area contributed by atoms with Gasteiger partial charge in [-0.3, -0.25) is 9.36 Å². The molecule has 0 spiro atoms. The first kappa shape index (κ1) is 10.2. The second-order valence-electron chi connectivity index (χ2n) is 3.61. The molecule has 2 aromatic rings. The summed E-state index contributed by atoms with van der Waals surface area (Å²) in [5, 5.41) is 0.734. The molecular formula is C11H11ClN2O. The van der Waals surface area contributed by atoms with E-state index in [0.717, 1.165) is 36.1 Å². The Morgan fingerprint density at radius 3 is 2.93 bits per heavy atom. The molecule has 0 radical (unpaired) electrons. The van der Waals surface area contributed by atoms with Crippen LogP contribution in [0.5, 0.6) is 0 Å². The van der Waals surface area contributed by atoms with Crippen LogP contribution in [-0.4, -0.2) is 9.55 Å². The third-order valence-electron chi connectivity index (χ3n) is 2.72. The van der Waals surface area contributed by atoms with E-state index >= 15 is 0 Å². The fraction of sp³-hybridized carbons (Fsp3) is 0.273. The normalized spacial score (nSPS) is 13.6. The Labute approximate surface area is 93.2 Å². The van der Waals surface area contributed by atoms with Gasteiger partial charge in [0, 0.05) is 13.0 Å². The predicted molar refractivity (Wildman–Crippen MR) is 61.6 cm³/mol. The van der Waals surface area contributed by atoms with E-state index in [4.69, 9.17) is 0 Å². The molecule has 0 saturated heterocycles. The number of hydrogen-bond donors (Lipinski definition) is 0. The standard InChI is InChI=1S/C11H10N2O.ClH/c14-11-8-4-1-2-5-9(8)12-10-6-3-7-13(10)11;/h1-2,4-5H,3,6-7H2;1H. The van der Waals surface area contributed by atoms with Crippen molar-refractivity contribution >= 4 is 23.3 Å². The Bertz CT molecular complexity index is 562. The molecule has 0 atom stereocenters. The summed E-state index contributed by atoms with van der Waals surface area (Å²) in [6.45, 7) is 0.825. The average molecular weight is 223 g/mol. The molecule has 0 saturated carbocycles. The molecule has 4 heteroatoms. The first-order valence-electron chi connectivity index (χ1n) is 4.85. The zero-order chi connectivity index (χ0) is 9.54. The van der Waals surface area contributed by atoms with Crippen molar-refractivity contribution in [3.8, 4) is 0 Å². The molecule has 0 amide bonds. The Morgan fingerprint density at radius 1 is 1.27 bits per heavy atom. The van der Waals surface area contributed by atoms with E-state index in [1.165, 1.54) is 0 Å². The monoisotopic (exact) mass is 222 g/mol. The van der Waals surface area contributed by atoms with Crippen LogP contribution in [0.4, 0.5) is 0 Å². The first-order chi connectivity index (χ1) is 6.86. The third-order valence-corrected chi connectivity index (χ3v) is 2.72. The number of aryl methyl sites for hydroxylation is 1. The third kappa shape index (κ3) is 1.43. The van der Waals surface area contributed by atoms with E-state index in [2.05, 4.69) is 4.98 Å². The average Bonchev–Trinajstić information content (AvgIpc) is 2.66. The predicted octanol–water partition coefficient (Wildman–Crippen LogP) is 1.76. The van der Waals surface area contributed by atoms with Crippen LogP contribution >= 0.6 is 12.4 Å². The van der Waals surface area contributed by atoms with Gasteiger partial charge in [-0.1, -0.05) is 12.1 Å². The van der Waals surface area contributed by atoms with Gasteiger partial charge in [0.05, 0.1) is 10.9 Å². The molecule has 0 aliphatic carbocycles. The van der Waals surface area contributed by atoms with Crippen molar-refractivity contribution < 1.29 is 0 Å². The number of benzene rings is 1. The lowest BCUT2D eigenvalue weighted by molar-refractivity contribution is 0.719. The molecular weight excluding hydrogens is 212 g/mol. The molecule has 0 unspecified atom stereocenters. The van der Waals surface area contributed by atoms with Gasteiger partial charge in [-0.15, -0.1) is 12.4 Å². The Balaban J connectivity index is 0.000000853. The van der Waals surface area contributed by atoms with Gasteiger partial charge in [0.15, 0.2) is 0 Å². The molecule has 78 valence electrons. The molecule has 1 aliphatic heterocycles. The highest BCUT2D eigenvalue weighted by atomic mass is 35.5. The second-order valence-corrected chi connectivity index (χ2v) is 3.61. The summed E-state index contributed by atoms with van der Waals surface area (Å²) in [5.74, 6) is 0.939. The first-order valence-corrected chi connectivity index (χ1v) is 4.85. The maximum absolute atomic E-state index is 11.9. The van der Waals surface area contributed by atoms with Gasteiger partial charge in [0.25, 0.3) is 5.56 Å². The molecule has 3 rings (SSSR count). The maximum Gasteiger partial charge on any atom is 0.261 e. The van der Waals surface area contributed by atoms with Crippen LogP contribution in [-0.2, 0) is 13.0 Å². The van der Waals surface area contributed by atoms with Crippen LogP contribution in [0, 0.1) is 0 Å². The summed E-state index contributed by atoms with van der Waals surface area (Å²) < 4.78 is 1.79. The summed E-state index contributed by atoms with van der Waals surface area (Å²) in [6.07, 6.45) is 1.97. The number of nitrogens with zero attached hydrogens (tertiary/aromatic N) is 2. The van der Waals surface area contributed by atoms with Crippen molar-refractivity contribution in [2.24, 2.45) is 0 Å². The topological polar surface area (TPSA) is 34.9 Å². The number of para-hydroxylation sites is 1. The molecule has 1 aliphatic rings. The number of fused-ring (bicyclic) bond motifs is 2. The smallest absolute Gasteiger partial charge is 0.261 e. The van der Waals surface area contributed by atoms with Crippen LogP contribution < -0.4 is 5.56 Å². The number of aromatic nitrogens is 2. The lowest BCUT2D eigenvalue weighted by Gasteiger charge is -2.03. The van der Waals surface area contributed by atoms with Gasteiger partial charge in [-0.2, -0.15) is 0 Å². The summed E-state index contributed by atoms with van der Waals surface area (Å²) in [4.78, 5) is 16.4. The zero-order valence-corrected chi connectivity index (χ0v) is 8.96. The Hall–Kier alpha value is -1.35. The quantitative estimate of drug-likeness (QED) is 0.681. The number of rotatable bonds is 0. The van der Waals surface area contributed by atoms with Crippen molar-refractivity contribution in [2.45, 2.75) is 19.4 Å². The highest BCUT2D eigenvalue weighted by molar-refractivity contribution is 5.85. The lowest BCUT2D eigenvalue weighted by Crippen LogP contribution is -2.20. The minimum atomic E-state index is 0. The molecule has 0 N–H and O–H groups in total. The molecule has 3 nitrogen and oxygen atoms in total. The Morgan fingerprint density at radius 2 is 2.07 bits per heavy atom. The van der Waals surface area contributed by atoms with Crippen molar-refractivity contribution in [2.75, 3.05) is 0 Å². The van der Waals surface area contributed by atoms with E-state index in [0.29, 0.717) is 0 Å². The molecule has 0 bridgehead atoms. The van der Waals surface area contributed by atoms with E-state index in [-0.39, 0.29) is 18.0 Å². The van der Waals surface area contributed by atoms with E-state index in [9.17, 15) is 4.79 Å². The lowest BCUT2D eigenvalue weighted by atomic mass is 10.2. The van der Waals surface area contributed by atoms with Crippen molar-refractivity contribution in [1.29, 1.82) is 0 Å². The fourth-order valence-electron chi connectivity index (χ4n) is 2.03. The summed E-state index contributed by atoms with van der Waals surface area (Å²) in [7, 11) is 0. The SMILES string of the molecule is Cl.O=c1c2ccccc2nc2n1CCC2. The van der Waals surface area contributed by atoms with E-state index in [1.54, 1.807) is 4.57 Å². The van der Waals surface area contributed by atoms with Gasteiger partial charge in [0.1, 0.15) is 5.82 Å².